The van der Waals surface area contributed by atoms with Gasteiger partial charge in [-0.3, -0.25) is 0 Å². The monoisotopic (exact) mass is 274 g/mol. The van der Waals surface area contributed by atoms with Gasteiger partial charge in [-0.2, -0.15) is 0 Å². The third-order valence-electron chi connectivity index (χ3n) is 5.02. The Bertz CT molecular complexity index is 857. The Morgan fingerprint density at radius 2 is 1.71 bits per heavy atom. The zero-order chi connectivity index (χ0) is 13.8. The molecule has 0 unspecified atom stereocenters. The number of para-hydroxylation sites is 2. The van der Waals surface area contributed by atoms with Crippen molar-refractivity contribution < 1.29 is 0 Å². The zero-order valence-electron chi connectivity index (χ0n) is 12.0. The largest absolute Gasteiger partial charge is 0.313 e. The summed E-state index contributed by atoms with van der Waals surface area (Å²) in [6, 6.07) is 15.8. The third kappa shape index (κ3) is 1.51. The first-order chi connectivity index (χ1) is 10.4. The van der Waals surface area contributed by atoms with Crippen LogP contribution in [-0.4, -0.2) is 11.1 Å². The highest BCUT2D eigenvalue weighted by Gasteiger charge is 2.24. The molecule has 0 radical (unpaired) electrons. The van der Waals surface area contributed by atoms with Crippen LogP contribution >= 0.6 is 0 Å². The second kappa shape index (κ2) is 4.22. The van der Waals surface area contributed by atoms with Crippen molar-refractivity contribution in [1.82, 2.24) is 9.88 Å². The van der Waals surface area contributed by atoms with Gasteiger partial charge in [-0.1, -0.05) is 36.4 Å². The Morgan fingerprint density at radius 3 is 2.71 bits per heavy atom. The molecule has 0 saturated heterocycles. The van der Waals surface area contributed by atoms with Gasteiger partial charge in [0.1, 0.15) is 0 Å². The number of hydrogen-bond acceptors (Lipinski definition) is 1. The predicted octanol–water partition coefficient (Wildman–Crippen LogP) is 3.37. The van der Waals surface area contributed by atoms with Gasteiger partial charge in [-0.25, -0.2) is 0 Å². The van der Waals surface area contributed by atoms with E-state index in [4.69, 9.17) is 0 Å². The highest BCUT2D eigenvalue weighted by atomic mass is 15.0. The van der Waals surface area contributed by atoms with Crippen molar-refractivity contribution in [3.8, 4) is 5.69 Å². The minimum Gasteiger partial charge on any atom is -0.313 e. The van der Waals surface area contributed by atoms with Gasteiger partial charge in [0.25, 0.3) is 0 Å². The van der Waals surface area contributed by atoms with Gasteiger partial charge in [0.05, 0.1) is 5.52 Å². The van der Waals surface area contributed by atoms with Crippen LogP contribution in [0.1, 0.15) is 22.4 Å². The van der Waals surface area contributed by atoms with Crippen LogP contribution < -0.4 is 5.32 Å². The second-order valence-electron chi connectivity index (χ2n) is 6.13. The Labute approximate surface area is 124 Å². The number of fused-ring (bicyclic) bond motifs is 5. The number of rotatable bonds is 0. The van der Waals surface area contributed by atoms with Gasteiger partial charge in [-0.05, 0) is 35.6 Å². The molecule has 3 heterocycles. The van der Waals surface area contributed by atoms with Crippen LogP contribution in [0.3, 0.4) is 0 Å². The van der Waals surface area contributed by atoms with Crippen LogP contribution in [0.5, 0.6) is 0 Å². The molecule has 0 bridgehead atoms. The number of nitrogens with zero attached hydrogens (tertiary/aromatic N) is 1. The maximum absolute atomic E-state index is 3.54. The van der Waals surface area contributed by atoms with E-state index in [2.05, 4.69) is 52.3 Å². The molecule has 0 amide bonds. The lowest BCUT2D eigenvalue weighted by Crippen LogP contribution is -2.24. The van der Waals surface area contributed by atoms with E-state index in [-0.39, 0.29) is 0 Å². The van der Waals surface area contributed by atoms with E-state index in [1.54, 1.807) is 0 Å². The lowest BCUT2D eigenvalue weighted by atomic mass is 10.0. The second-order valence-corrected chi connectivity index (χ2v) is 6.13. The minimum absolute atomic E-state index is 1.00. The SMILES string of the molecule is c1ccc2c(c1)CCc1cccc3c4c(n-2c13)CCNC4. The van der Waals surface area contributed by atoms with E-state index < -0.39 is 0 Å². The molecule has 1 aromatic heterocycles. The van der Waals surface area contributed by atoms with E-state index >= 15 is 0 Å². The van der Waals surface area contributed by atoms with Gasteiger partial charge < -0.3 is 9.88 Å². The normalized spacial score (nSPS) is 16.4. The van der Waals surface area contributed by atoms with Crippen LogP contribution in [0, 0.1) is 0 Å². The first-order valence-corrected chi connectivity index (χ1v) is 7.86. The molecule has 2 heteroatoms. The van der Waals surface area contributed by atoms with Gasteiger partial charge in [0, 0.05) is 36.3 Å². The number of aryl methyl sites for hydroxylation is 2. The minimum atomic E-state index is 1.00. The van der Waals surface area contributed by atoms with Crippen LogP contribution in [0.15, 0.2) is 42.5 Å². The molecule has 21 heavy (non-hydrogen) atoms. The van der Waals surface area contributed by atoms with Crippen molar-refractivity contribution in [3.63, 3.8) is 0 Å². The van der Waals surface area contributed by atoms with Gasteiger partial charge in [-0.15, -0.1) is 0 Å². The molecule has 0 spiro atoms. The molecule has 104 valence electrons. The highest BCUT2D eigenvalue weighted by molar-refractivity contribution is 5.91. The maximum Gasteiger partial charge on any atom is 0.0567 e. The van der Waals surface area contributed by atoms with E-state index in [9.17, 15) is 0 Å². The summed E-state index contributed by atoms with van der Waals surface area (Å²) in [4.78, 5) is 0. The van der Waals surface area contributed by atoms with E-state index in [0.29, 0.717) is 0 Å². The molecule has 0 fully saturated rings. The molecule has 1 N–H and O–H groups in total. The van der Waals surface area contributed by atoms with Crippen LogP contribution in [0.25, 0.3) is 16.6 Å². The molecule has 3 aromatic rings. The van der Waals surface area contributed by atoms with Crippen molar-refractivity contribution in [2.45, 2.75) is 25.8 Å². The number of aromatic nitrogens is 1. The smallest absolute Gasteiger partial charge is 0.0567 e. The summed E-state index contributed by atoms with van der Waals surface area (Å²) in [5.41, 5.74) is 8.86. The molecule has 2 aliphatic heterocycles. The number of hydrogen-bond donors (Lipinski definition) is 1. The molecule has 2 aliphatic rings. The molecule has 0 aliphatic carbocycles. The fourth-order valence-electron chi connectivity index (χ4n) is 4.08. The quantitative estimate of drug-likeness (QED) is 0.665. The third-order valence-corrected chi connectivity index (χ3v) is 5.02. The lowest BCUT2D eigenvalue weighted by molar-refractivity contribution is 0.631. The highest BCUT2D eigenvalue weighted by Crippen LogP contribution is 2.37. The van der Waals surface area contributed by atoms with Crippen LogP contribution in [0.2, 0.25) is 0 Å². The summed E-state index contributed by atoms with van der Waals surface area (Å²) in [5.74, 6) is 0. The predicted molar refractivity (Wildman–Crippen MR) is 86.1 cm³/mol. The van der Waals surface area contributed by atoms with E-state index in [0.717, 1.165) is 32.4 Å². The first kappa shape index (κ1) is 11.6. The van der Waals surface area contributed by atoms with Crippen molar-refractivity contribution in [3.05, 3.63) is 64.8 Å². The summed E-state index contributed by atoms with van der Waals surface area (Å²) >= 11 is 0. The van der Waals surface area contributed by atoms with Crippen molar-refractivity contribution in [1.29, 1.82) is 0 Å². The van der Waals surface area contributed by atoms with E-state index in [1.807, 2.05) is 0 Å². The number of nitrogens with one attached hydrogen (secondary N) is 1. The van der Waals surface area contributed by atoms with Crippen LogP contribution in [0.4, 0.5) is 0 Å². The van der Waals surface area contributed by atoms with Crippen LogP contribution in [-0.2, 0) is 25.8 Å². The van der Waals surface area contributed by atoms with Gasteiger partial charge in [0.15, 0.2) is 0 Å². The Hall–Kier alpha value is -2.06. The molecule has 2 nitrogen and oxygen atoms in total. The average Bonchev–Trinajstić information content (AvgIpc) is 2.78. The lowest BCUT2D eigenvalue weighted by Gasteiger charge is -2.18. The topological polar surface area (TPSA) is 17.0 Å². The van der Waals surface area contributed by atoms with Crippen molar-refractivity contribution in [2.75, 3.05) is 6.54 Å². The first-order valence-electron chi connectivity index (χ1n) is 7.86. The summed E-state index contributed by atoms with van der Waals surface area (Å²) in [7, 11) is 0. The molecular weight excluding hydrogens is 256 g/mol. The summed E-state index contributed by atoms with van der Waals surface area (Å²) < 4.78 is 2.56. The summed E-state index contributed by atoms with van der Waals surface area (Å²) in [5, 5.41) is 4.99. The standard InChI is InChI=1S/C19H18N2/c1-2-7-17-13(4-1)8-9-14-5-3-6-15-16-12-20-11-10-18(16)21(17)19(14)15/h1-7,20H,8-12H2. The molecule has 0 atom stereocenters. The van der Waals surface area contributed by atoms with Crippen molar-refractivity contribution in [2.24, 2.45) is 0 Å². The van der Waals surface area contributed by atoms with Crippen molar-refractivity contribution >= 4 is 10.9 Å². The molecular formula is C19H18N2. The zero-order valence-corrected chi connectivity index (χ0v) is 12.0. The molecule has 2 aromatic carbocycles. The molecule has 0 saturated carbocycles. The van der Waals surface area contributed by atoms with Gasteiger partial charge >= 0.3 is 0 Å². The molecule has 5 rings (SSSR count). The number of benzene rings is 2. The maximum atomic E-state index is 3.54. The Balaban J connectivity index is 1.98. The fourth-order valence-corrected chi connectivity index (χ4v) is 4.08. The van der Waals surface area contributed by atoms with E-state index in [1.165, 1.54) is 39.0 Å². The summed E-state index contributed by atoms with van der Waals surface area (Å²) in [6.45, 7) is 2.09. The average molecular weight is 274 g/mol. The van der Waals surface area contributed by atoms with Gasteiger partial charge in [0.2, 0.25) is 0 Å². The Morgan fingerprint density at radius 1 is 0.857 bits per heavy atom. The Kier molecular flexibility index (Phi) is 2.33. The summed E-state index contributed by atoms with van der Waals surface area (Å²) in [6.07, 6.45) is 3.41. The fraction of sp³-hybridized carbons (Fsp3) is 0.263.